The van der Waals surface area contributed by atoms with Crippen LogP contribution in [-0.4, -0.2) is 11.6 Å². The minimum Gasteiger partial charge on any atom is -0.324 e. The van der Waals surface area contributed by atoms with Gasteiger partial charge < -0.3 is 5.32 Å². The van der Waals surface area contributed by atoms with Gasteiger partial charge in [0.15, 0.2) is 0 Å². The van der Waals surface area contributed by atoms with Crippen LogP contribution in [0, 0.1) is 0 Å². The summed E-state index contributed by atoms with van der Waals surface area (Å²) in [4.78, 5) is 16.5. The molecule has 1 aliphatic rings. The third kappa shape index (κ3) is 2.58. The summed E-state index contributed by atoms with van der Waals surface area (Å²) in [6.45, 7) is 0. The molecule has 19 heavy (non-hydrogen) atoms. The smallest absolute Gasteiger partial charge is 0.230 e. The minimum atomic E-state index is -0.0383. The van der Waals surface area contributed by atoms with Crippen molar-refractivity contribution >= 4 is 38.9 Å². The molecule has 1 aliphatic heterocycles. The Kier molecular flexibility index (Phi) is 3.17. The van der Waals surface area contributed by atoms with Gasteiger partial charge in [0.25, 0.3) is 0 Å². The summed E-state index contributed by atoms with van der Waals surface area (Å²) < 4.78 is 0.943. The number of nitrogens with zero attached hydrogens (tertiary/aromatic N) is 1. The Morgan fingerprint density at radius 1 is 1.11 bits per heavy atom. The van der Waals surface area contributed by atoms with E-state index >= 15 is 0 Å². The molecule has 0 saturated heterocycles. The van der Waals surface area contributed by atoms with Crippen molar-refractivity contribution in [3.8, 4) is 0 Å². The van der Waals surface area contributed by atoms with Crippen molar-refractivity contribution in [3.63, 3.8) is 0 Å². The molecule has 1 heterocycles. The first-order valence-electron chi connectivity index (χ1n) is 5.95. The second-order valence-electron chi connectivity index (χ2n) is 4.31. The summed E-state index contributed by atoms with van der Waals surface area (Å²) >= 11 is 3.43. The van der Waals surface area contributed by atoms with Gasteiger partial charge >= 0.3 is 0 Å². The van der Waals surface area contributed by atoms with E-state index in [4.69, 9.17) is 0 Å². The largest absolute Gasteiger partial charge is 0.324 e. The van der Waals surface area contributed by atoms with E-state index < -0.39 is 0 Å². The van der Waals surface area contributed by atoms with Gasteiger partial charge in [-0.2, -0.15) is 0 Å². The minimum absolute atomic E-state index is 0.0383. The van der Waals surface area contributed by atoms with Crippen LogP contribution in [0.2, 0.25) is 0 Å². The molecule has 0 fully saturated rings. The molecule has 0 saturated carbocycles. The molecule has 0 radical (unpaired) electrons. The highest BCUT2D eigenvalue weighted by Gasteiger charge is 2.16. The van der Waals surface area contributed by atoms with Gasteiger partial charge in [0.1, 0.15) is 0 Å². The average Bonchev–Trinajstić information content (AvgIpc) is 2.58. The lowest BCUT2D eigenvalue weighted by atomic mass is 10.1. The van der Waals surface area contributed by atoms with Crippen LogP contribution in [0.15, 0.2) is 58.0 Å². The van der Waals surface area contributed by atoms with Crippen molar-refractivity contribution in [2.75, 3.05) is 5.32 Å². The average molecular weight is 315 g/mol. The second-order valence-corrected chi connectivity index (χ2v) is 5.23. The first-order chi connectivity index (χ1) is 9.22. The number of hydrogen-bond acceptors (Lipinski definition) is 2. The third-order valence-electron chi connectivity index (χ3n) is 2.92. The van der Waals surface area contributed by atoms with Crippen LogP contribution in [0.3, 0.4) is 0 Å². The quantitative estimate of drug-likeness (QED) is 0.851. The van der Waals surface area contributed by atoms with Crippen LogP contribution in [0.25, 0.3) is 0 Å². The van der Waals surface area contributed by atoms with E-state index in [1.54, 1.807) is 0 Å². The van der Waals surface area contributed by atoms with E-state index in [1.807, 2.05) is 48.5 Å². The molecular formula is C15H11BrN2O. The van der Waals surface area contributed by atoms with Crippen LogP contribution in [-0.2, 0) is 4.79 Å². The molecule has 94 valence electrons. The van der Waals surface area contributed by atoms with Crippen molar-refractivity contribution in [3.05, 3.63) is 58.6 Å². The Balaban J connectivity index is 2.12. The molecule has 0 unspecified atom stereocenters. The molecule has 1 N–H and O–H groups in total. The molecule has 0 spiro atoms. The normalized spacial score (nSPS) is 14.2. The van der Waals surface area contributed by atoms with Gasteiger partial charge in [-0.25, -0.2) is 0 Å². The van der Waals surface area contributed by atoms with Crippen molar-refractivity contribution in [2.24, 2.45) is 4.99 Å². The van der Waals surface area contributed by atoms with Gasteiger partial charge in [-0.1, -0.05) is 46.3 Å². The first kappa shape index (κ1) is 12.1. The van der Waals surface area contributed by atoms with E-state index in [0.717, 1.165) is 27.1 Å². The summed E-state index contributed by atoms with van der Waals surface area (Å²) in [7, 11) is 0. The van der Waals surface area contributed by atoms with Crippen molar-refractivity contribution in [2.45, 2.75) is 6.42 Å². The van der Waals surface area contributed by atoms with Crippen LogP contribution in [0.1, 0.15) is 12.0 Å². The Hall–Kier alpha value is -1.94. The Bertz CT molecular complexity index is 665. The number of nitrogens with one attached hydrogen (secondary N) is 1. The van der Waals surface area contributed by atoms with Crippen LogP contribution in [0.4, 0.5) is 11.4 Å². The fraction of sp³-hybridized carbons (Fsp3) is 0.0667. The lowest BCUT2D eigenvalue weighted by Gasteiger charge is -2.03. The molecule has 0 bridgehead atoms. The lowest BCUT2D eigenvalue weighted by molar-refractivity contribution is -0.115. The fourth-order valence-corrected chi connectivity index (χ4v) is 2.38. The van der Waals surface area contributed by atoms with Crippen LogP contribution < -0.4 is 5.32 Å². The summed E-state index contributed by atoms with van der Waals surface area (Å²) in [5.41, 5.74) is 3.29. The summed E-state index contributed by atoms with van der Waals surface area (Å²) in [6.07, 6.45) is 0.288. The van der Waals surface area contributed by atoms with E-state index in [2.05, 4.69) is 26.2 Å². The highest BCUT2D eigenvalue weighted by Crippen LogP contribution is 2.31. The fourth-order valence-electron chi connectivity index (χ4n) is 2.03. The number of fused-ring (bicyclic) bond motifs is 1. The molecule has 3 nitrogen and oxygen atoms in total. The SMILES string of the molecule is O=C1CC(c2ccccc2)=Nc2cc(Br)ccc2N1. The van der Waals surface area contributed by atoms with Crippen molar-refractivity contribution in [1.29, 1.82) is 0 Å². The second kappa shape index (κ2) is 4.97. The van der Waals surface area contributed by atoms with Gasteiger partial charge in [-0.3, -0.25) is 9.79 Å². The third-order valence-corrected chi connectivity index (χ3v) is 3.42. The van der Waals surface area contributed by atoms with E-state index in [1.165, 1.54) is 0 Å². The van der Waals surface area contributed by atoms with Crippen LogP contribution >= 0.6 is 15.9 Å². The predicted octanol–water partition coefficient (Wildman–Crippen LogP) is 3.91. The van der Waals surface area contributed by atoms with Gasteiger partial charge in [0, 0.05) is 4.47 Å². The molecule has 4 heteroatoms. The topological polar surface area (TPSA) is 41.5 Å². The molecule has 1 amide bonds. The summed E-state index contributed by atoms with van der Waals surface area (Å²) in [6, 6.07) is 15.4. The molecule has 2 aromatic rings. The lowest BCUT2D eigenvalue weighted by Crippen LogP contribution is -2.14. The van der Waals surface area contributed by atoms with Crippen molar-refractivity contribution in [1.82, 2.24) is 0 Å². The Labute approximate surface area is 119 Å². The zero-order valence-electron chi connectivity index (χ0n) is 10.1. The molecule has 2 aromatic carbocycles. The zero-order valence-corrected chi connectivity index (χ0v) is 11.6. The zero-order chi connectivity index (χ0) is 13.2. The number of anilines is 1. The van der Waals surface area contributed by atoms with E-state index in [9.17, 15) is 4.79 Å². The molecule has 0 aliphatic carbocycles. The number of amides is 1. The maximum Gasteiger partial charge on any atom is 0.230 e. The number of carbonyl (C=O) groups excluding carboxylic acids is 1. The highest BCUT2D eigenvalue weighted by atomic mass is 79.9. The molecule has 0 atom stereocenters. The summed E-state index contributed by atoms with van der Waals surface area (Å²) in [5.74, 6) is -0.0383. The van der Waals surface area contributed by atoms with Crippen molar-refractivity contribution < 1.29 is 4.79 Å². The van der Waals surface area contributed by atoms with Gasteiger partial charge in [0.2, 0.25) is 5.91 Å². The standard InChI is InChI=1S/C15H11BrN2O/c16-11-6-7-12-14(8-11)17-13(9-15(19)18-12)10-4-2-1-3-5-10/h1-8H,9H2,(H,18,19). The van der Waals surface area contributed by atoms with Gasteiger partial charge in [-0.15, -0.1) is 0 Å². The highest BCUT2D eigenvalue weighted by molar-refractivity contribution is 9.10. The number of aliphatic imine (C=N–C) groups is 1. The number of benzene rings is 2. The Morgan fingerprint density at radius 3 is 2.68 bits per heavy atom. The first-order valence-corrected chi connectivity index (χ1v) is 6.74. The molecular weight excluding hydrogens is 304 g/mol. The monoisotopic (exact) mass is 314 g/mol. The van der Waals surface area contributed by atoms with E-state index in [-0.39, 0.29) is 12.3 Å². The number of carbonyl (C=O) groups is 1. The molecule has 3 rings (SSSR count). The molecule has 0 aromatic heterocycles. The number of hydrogen-bond donors (Lipinski definition) is 1. The maximum absolute atomic E-state index is 11.9. The predicted molar refractivity (Wildman–Crippen MR) is 80.0 cm³/mol. The van der Waals surface area contributed by atoms with Gasteiger partial charge in [-0.05, 0) is 23.8 Å². The van der Waals surface area contributed by atoms with Gasteiger partial charge in [0.05, 0.1) is 23.5 Å². The number of rotatable bonds is 1. The summed E-state index contributed by atoms with van der Waals surface area (Å²) in [5, 5.41) is 2.87. The van der Waals surface area contributed by atoms with Crippen LogP contribution in [0.5, 0.6) is 0 Å². The number of halogens is 1. The maximum atomic E-state index is 11.9. The van der Waals surface area contributed by atoms with E-state index in [0.29, 0.717) is 0 Å². The Morgan fingerprint density at radius 2 is 1.89 bits per heavy atom.